The van der Waals surface area contributed by atoms with Gasteiger partial charge in [-0.05, 0) is 63.0 Å². The molecule has 1 unspecified atom stereocenters. The Kier molecular flexibility index (Phi) is 4.80. The van der Waals surface area contributed by atoms with Gasteiger partial charge in [0.05, 0.1) is 7.11 Å². The zero-order valence-corrected chi connectivity index (χ0v) is 11.6. The molecule has 0 aromatic heterocycles. The van der Waals surface area contributed by atoms with Crippen LogP contribution in [0.25, 0.3) is 0 Å². The zero-order valence-electron chi connectivity index (χ0n) is 11.6. The standard InChI is InChI=1S/C15H22N2O2/c1-11(12-7-9-16-10-8-12)17-15(18)13-3-5-14(19-2)6-4-13/h3-6,11-12,16H,7-10H2,1-2H3,(H,17,18). The number of piperidine rings is 1. The van der Waals surface area contributed by atoms with Gasteiger partial charge in [0.25, 0.3) is 5.91 Å². The summed E-state index contributed by atoms with van der Waals surface area (Å²) in [5.41, 5.74) is 0.682. The van der Waals surface area contributed by atoms with Gasteiger partial charge < -0.3 is 15.4 Å². The Balaban J connectivity index is 1.91. The Bertz CT molecular complexity index is 411. The molecule has 4 heteroatoms. The molecule has 1 aliphatic heterocycles. The molecule has 0 aliphatic carbocycles. The van der Waals surface area contributed by atoms with Crippen LogP contribution < -0.4 is 15.4 Å². The van der Waals surface area contributed by atoms with Gasteiger partial charge in [-0.25, -0.2) is 0 Å². The summed E-state index contributed by atoms with van der Waals surface area (Å²) < 4.78 is 5.09. The van der Waals surface area contributed by atoms with Crippen LogP contribution in [-0.2, 0) is 0 Å². The van der Waals surface area contributed by atoms with E-state index >= 15 is 0 Å². The number of amides is 1. The molecule has 2 N–H and O–H groups in total. The van der Waals surface area contributed by atoms with Crippen molar-refractivity contribution in [1.29, 1.82) is 0 Å². The smallest absolute Gasteiger partial charge is 0.251 e. The van der Waals surface area contributed by atoms with Gasteiger partial charge in [-0.15, -0.1) is 0 Å². The Hall–Kier alpha value is -1.55. The third-order valence-electron chi connectivity index (χ3n) is 3.80. The van der Waals surface area contributed by atoms with E-state index in [1.807, 2.05) is 12.1 Å². The van der Waals surface area contributed by atoms with E-state index in [1.54, 1.807) is 19.2 Å². The van der Waals surface area contributed by atoms with E-state index in [4.69, 9.17) is 4.74 Å². The topological polar surface area (TPSA) is 50.4 Å². The average Bonchev–Trinajstić information content (AvgIpc) is 2.48. The lowest BCUT2D eigenvalue weighted by molar-refractivity contribution is 0.0920. The van der Waals surface area contributed by atoms with Crippen LogP contribution in [0.2, 0.25) is 0 Å². The molecule has 1 atom stereocenters. The van der Waals surface area contributed by atoms with Crippen LogP contribution in [0, 0.1) is 5.92 Å². The second-order valence-electron chi connectivity index (χ2n) is 5.08. The molecule has 0 spiro atoms. The van der Waals surface area contributed by atoms with Crippen molar-refractivity contribution in [2.75, 3.05) is 20.2 Å². The van der Waals surface area contributed by atoms with Gasteiger partial charge in [-0.3, -0.25) is 4.79 Å². The Morgan fingerprint density at radius 2 is 1.95 bits per heavy atom. The maximum atomic E-state index is 12.1. The van der Waals surface area contributed by atoms with Gasteiger partial charge in [0.15, 0.2) is 0 Å². The number of hydrogen-bond acceptors (Lipinski definition) is 3. The van der Waals surface area contributed by atoms with Gasteiger partial charge in [0.1, 0.15) is 5.75 Å². The maximum Gasteiger partial charge on any atom is 0.251 e. The Morgan fingerprint density at radius 1 is 1.32 bits per heavy atom. The van der Waals surface area contributed by atoms with Crippen LogP contribution in [0.3, 0.4) is 0 Å². The quantitative estimate of drug-likeness (QED) is 0.870. The lowest BCUT2D eigenvalue weighted by atomic mass is 9.91. The minimum atomic E-state index is -0.00585. The van der Waals surface area contributed by atoms with Gasteiger partial charge >= 0.3 is 0 Å². The number of methoxy groups -OCH3 is 1. The van der Waals surface area contributed by atoms with Crippen LogP contribution in [0.1, 0.15) is 30.1 Å². The van der Waals surface area contributed by atoms with E-state index in [1.165, 1.54) is 0 Å². The summed E-state index contributed by atoms with van der Waals surface area (Å²) in [6.45, 7) is 4.19. The van der Waals surface area contributed by atoms with Gasteiger partial charge in [0.2, 0.25) is 0 Å². The summed E-state index contributed by atoms with van der Waals surface area (Å²) in [5, 5.41) is 6.44. The molecule has 0 saturated carbocycles. The normalized spacial score (nSPS) is 17.8. The second-order valence-corrected chi connectivity index (χ2v) is 5.08. The fourth-order valence-corrected chi connectivity index (χ4v) is 2.49. The molecule has 0 radical (unpaired) electrons. The number of carbonyl (C=O) groups is 1. The molecule has 1 aliphatic rings. The summed E-state index contributed by atoms with van der Waals surface area (Å²) >= 11 is 0. The molecule has 1 saturated heterocycles. The second kappa shape index (κ2) is 6.57. The number of carbonyl (C=O) groups excluding carboxylic acids is 1. The van der Waals surface area contributed by atoms with E-state index in [2.05, 4.69) is 17.6 Å². The zero-order chi connectivity index (χ0) is 13.7. The van der Waals surface area contributed by atoms with Crippen molar-refractivity contribution in [1.82, 2.24) is 10.6 Å². The van der Waals surface area contributed by atoms with Crippen molar-refractivity contribution >= 4 is 5.91 Å². The van der Waals surface area contributed by atoms with Crippen LogP contribution >= 0.6 is 0 Å². The van der Waals surface area contributed by atoms with Crippen LogP contribution in [0.5, 0.6) is 5.75 Å². The lowest BCUT2D eigenvalue weighted by Gasteiger charge is -2.28. The first-order chi connectivity index (χ1) is 9.20. The van der Waals surface area contributed by atoms with Crippen molar-refractivity contribution in [2.45, 2.75) is 25.8 Å². The SMILES string of the molecule is COc1ccc(C(=O)NC(C)C2CCNCC2)cc1. The third kappa shape index (κ3) is 3.70. The highest BCUT2D eigenvalue weighted by Crippen LogP contribution is 2.17. The molecule has 1 aromatic rings. The van der Waals surface area contributed by atoms with Crippen LogP contribution in [0.15, 0.2) is 24.3 Å². The van der Waals surface area contributed by atoms with E-state index < -0.39 is 0 Å². The highest BCUT2D eigenvalue weighted by molar-refractivity contribution is 5.94. The number of benzene rings is 1. The van der Waals surface area contributed by atoms with Crippen molar-refractivity contribution in [3.05, 3.63) is 29.8 Å². The fraction of sp³-hybridized carbons (Fsp3) is 0.533. The molecule has 1 amide bonds. The number of hydrogen-bond donors (Lipinski definition) is 2. The molecule has 1 heterocycles. The minimum absolute atomic E-state index is 0.00585. The highest BCUT2D eigenvalue weighted by Gasteiger charge is 2.21. The first-order valence-corrected chi connectivity index (χ1v) is 6.86. The predicted molar refractivity (Wildman–Crippen MR) is 75.5 cm³/mol. The van der Waals surface area contributed by atoms with E-state index in [0.29, 0.717) is 11.5 Å². The van der Waals surface area contributed by atoms with Crippen molar-refractivity contribution in [2.24, 2.45) is 5.92 Å². The number of nitrogens with one attached hydrogen (secondary N) is 2. The minimum Gasteiger partial charge on any atom is -0.497 e. The number of ether oxygens (including phenoxy) is 1. The summed E-state index contributed by atoms with van der Waals surface area (Å²) in [6, 6.07) is 7.43. The molecule has 104 valence electrons. The van der Waals surface area contributed by atoms with E-state index in [-0.39, 0.29) is 11.9 Å². The molecular weight excluding hydrogens is 240 g/mol. The monoisotopic (exact) mass is 262 g/mol. The van der Waals surface area contributed by atoms with Gasteiger partial charge in [-0.2, -0.15) is 0 Å². The maximum absolute atomic E-state index is 12.1. The summed E-state index contributed by atoms with van der Waals surface area (Å²) in [5.74, 6) is 1.33. The Labute approximate surface area is 114 Å². The summed E-state index contributed by atoms with van der Waals surface area (Å²) in [6.07, 6.45) is 2.26. The van der Waals surface area contributed by atoms with Crippen LogP contribution in [-0.4, -0.2) is 32.1 Å². The summed E-state index contributed by atoms with van der Waals surface area (Å²) in [4.78, 5) is 12.1. The number of rotatable bonds is 4. The molecule has 0 bridgehead atoms. The van der Waals surface area contributed by atoms with Crippen molar-refractivity contribution < 1.29 is 9.53 Å². The average molecular weight is 262 g/mol. The van der Waals surface area contributed by atoms with Crippen LogP contribution in [0.4, 0.5) is 0 Å². The van der Waals surface area contributed by atoms with Crippen molar-refractivity contribution in [3.8, 4) is 5.75 Å². The molecule has 1 aromatic carbocycles. The van der Waals surface area contributed by atoms with Gasteiger partial charge in [0, 0.05) is 11.6 Å². The summed E-state index contributed by atoms with van der Waals surface area (Å²) in [7, 11) is 1.62. The Morgan fingerprint density at radius 3 is 2.53 bits per heavy atom. The first-order valence-electron chi connectivity index (χ1n) is 6.86. The highest BCUT2D eigenvalue weighted by atomic mass is 16.5. The van der Waals surface area contributed by atoms with Crippen molar-refractivity contribution in [3.63, 3.8) is 0 Å². The molecule has 2 rings (SSSR count). The third-order valence-corrected chi connectivity index (χ3v) is 3.80. The largest absolute Gasteiger partial charge is 0.497 e. The van der Waals surface area contributed by atoms with E-state index in [9.17, 15) is 4.79 Å². The predicted octanol–water partition coefficient (Wildman–Crippen LogP) is 1.81. The molecular formula is C15H22N2O2. The van der Waals surface area contributed by atoms with Gasteiger partial charge in [-0.1, -0.05) is 0 Å². The molecule has 19 heavy (non-hydrogen) atoms. The molecule has 1 fully saturated rings. The lowest BCUT2D eigenvalue weighted by Crippen LogP contribution is -2.42. The fourth-order valence-electron chi connectivity index (χ4n) is 2.49. The molecule has 4 nitrogen and oxygen atoms in total. The first kappa shape index (κ1) is 13.9. The van der Waals surface area contributed by atoms with E-state index in [0.717, 1.165) is 31.7 Å².